The molecule has 1 atom stereocenters. The normalized spacial score (nSPS) is 12.6. The molecular formula is C15H20BrN3S. The molecule has 5 heteroatoms. The highest BCUT2D eigenvalue weighted by molar-refractivity contribution is 9.10. The van der Waals surface area contributed by atoms with Crippen LogP contribution in [0.4, 0.5) is 0 Å². The van der Waals surface area contributed by atoms with Crippen LogP contribution >= 0.6 is 27.7 Å². The van der Waals surface area contributed by atoms with Crippen molar-refractivity contribution < 1.29 is 0 Å². The number of aromatic nitrogens is 2. The van der Waals surface area contributed by atoms with Crippen molar-refractivity contribution in [2.75, 3.05) is 13.3 Å². The minimum absolute atomic E-state index is 0.141. The Labute approximate surface area is 133 Å². The summed E-state index contributed by atoms with van der Waals surface area (Å²) >= 11 is 5.42. The van der Waals surface area contributed by atoms with Crippen LogP contribution in [0.2, 0.25) is 0 Å². The summed E-state index contributed by atoms with van der Waals surface area (Å²) < 4.78 is 3.14. The molecular weight excluding hydrogens is 334 g/mol. The molecule has 0 bridgehead atoms. The molecule has 20 heavy (non-hydrogen) atoms. The zero-order valence-electron chi connectivity index (χ0n) is 12.1. The number of aryl methyl sites for hydroxylation is 1. The van der Waals surface area contributed by atoms with Crippen molar-refractivity contribution in [3.05, 3.63) is 46.2 Å². The largest absolute Gasteiger partial charge is 0.308 e. The fraction of sp³-hybridized carbons (Fsp3) is 0.400. The molecule has 0 aliphatic heterocycles. The van der Waals surface area contributed by atoms with Crippen molar-refractivity contribution in [1.82, 2.24) is 15.1 Å². The highest BCUT2D eigenvalue weighted by Crippen LogP contribution is 2.33. The third-order valence-corrected chi connectivity index (χ3v) is 4.70. The maximum atomic E-state index is 4.48. The van der Waals surface area contributed by atoms with E-state index in [2.05, 4.69) is 68.5 Å². The van der Waals surface area contributed by atoms with E-state index in [9.17, 15) is 0 Å². The first-order chi connectivity index (χ1) is 9.72. The monoisotopic (exact) mass is 353 g/mol. The van der Waals surface area contributed by atoms with Gasteiger partial charge in [-0.3, -0.25) is 4.68 Å². The van der Waals surface area contributed by atoms with E-state index < -0.39 is 0 Å². The van der Waals surface area contributed by atoms with Crippen molar-refractivity contribution >= 4 is 27.7 Å². The Morgan fingerprint density at radius 3 is 2.80 bits per heavy atom. The summed E-state index contributed by atoms with van der Waals surface area (Å²) in [4.78, 5) is 1.29. The standard InChI is InChI=1S/C15H20BrN3S/c1-4-9-19-15(12(16)10-18-19)14(17-2)11-7-5-6-8-13(11)20-3/h5-8,10,14,17H,4,9H2,1-3H3. The molecule has 0 fully saturated rings. The predicted octanol–water partition coefficient (Wildman–Crippen LogP) is 4.09. The van der Waals surface area contributed by atoms with Crippen LogP contribution in [0.5, 0.6) is 0 Å². The number of halogens is 1. The number of rotatable bonds is 6. The molecule has 2 rings (SSSR count). The minimum Gasteiger partial charge on any atom is -0.308 e. The Hall–Kier alpha value is -0.780. The van der Waals surface area contributed by atoms with E-state index in [1.54, 1.807) is 11.8 Å². The van der Waals surface area contributed by atoms with Gasteiger partial charge in [-0.05, 0) is 47.3 Å². The SMILES string of the molecule is CCCn1ncc(Br)c1C(NC)c1ccccc1SC. The summed E-state index contributed by atoms with van der Waals surface area (Å²) in [6, 6.07) is 8.66. The Balaban J connectivity index is 2.49. The first-order valence-corrected chi connectivity index (χ1v) is 8.76. The second-order valence-corrected chi connectivity index (χ2v) is 6.27. The summed E-state index contributed by atoms with van der Waals surface area (Å²) in [6.45, 7) is 3.10. The van der Waals surface area contributed by atoms with E-state index in [4.69, 9.17) is 0 Å². The molecule has 0 radical (unpaired) electrons. The van der Waals surface area contributed by atoms with E-state index in [-0.39, 0.29) is 6.04 Å². The number of thioether (sulfide) groups is 1. The molecule has 1 unspecified atom stereocenters. The van der Waals surface area contributed by atoms with Gasteiger partial charge in [-0.2, -0.15) is 5.10 Å². The van der Waals surface area contributed by atoms with E-state index in [0.29, 0.717) is 0 Å². The molecule has 0 aliphatic rings. The Bertz CT molecular complexity index is 568. The highest BCUT2D eigenvalue weighted by atomic mass is 79.9. The first-order valence-electron chi connectivity index (χ1n) is 6.74. The molecule has 0 saturated carbocycles. The fourth-order valence-corrected chi connectivity index (χ4v) is 3.55. The summed E-state index contributed by atoms with van der Waals surface area (Å²) in [5.41, 5.74) is 2.48. The van der Waals surface area contributed by atoms with Gasteiger partial charge in [-0.15, -0.1) is 11.8 Å². The average molecular weight is 354 g/mol. The lowest BCUT2D eigenvalue weighted by Crippen LogP contribution is -2.22. The molecule has 1 aromatic heterocycles. The zero-order chi connectivity index (χ0) is 14.5. The van der Waals surface area contributed by atoms with E-state index >= 15 is 0 Å². The van der Waals surface area contributed by atoms with Gasteiger partial charge in [-0.25, -0.2) is 0 Å². The van der Waals surface area contributed by atoms with Gasteiger partial charge in [0.25, 0.3) is 0 Å². The third kappa shape index (κ3) is 3.10. The van der Waals surface area contributed by atoms with Crippen molar-refractivity contribution in [2.24, 2.45) is 0 Å². The van der Waals surface area contributed by atoms with Crippen molar-refractivity contribution in [2.45, 2.75) is 30.8 Å². The zero-order valence-corrected chi connectivity index (χ0v) is 14.5. The number of nitrogens with one attached hydrogen (secondary N) is 1. The molecule has 0 amide bonds. The predicted molar refractivity (Wildman–Crippen MR) is 89.3 cm³/mol. The van der Waals surface area contributed by atoms with Crippen LogP contribution in [0.3, 0.4) is 0 Å². The summed E-state index contributed by atoms with van der Waals surface area (Å²) in [5.74, 6) is 0. The van der Waals surface area contributed by atoms with Gasteiger partial charge in [0.1, 0.15) is 0 Å². The van der Waals surface area contributed by atoms with Gasteiger partial charge in [0.15, 0.2) is 0 Å². The summed E-state index contributed by atoms with van der Waals surface area (Å²) in [5, 5.41) is 7.91. The van der Waals surface area contributed by atoms with Crippen LogP contribution in [0.25, 0.3) is 0 Å². The van der Waals surface area contributed by atoms with E-state index in [1.165, 1.54) is 16.2 Å². The fourth-order valence-electron chi connectivity index (χ4n) is 2.39. The second-order valence-electron chi connectivity index (χ2n) is 4.56. The van der Waals surface area contributed by atoms with Gasteiger partial charge in [-0.1, -0.05) is 25.1 Å². The highest BCUT2D eigenvalue weighted by Gasteiger charge is 2.22. The van der Waals surface area contributed by atoms with E-state index in [1.807, 2.05) is 13.2 Å². The molecule has 0 saturated heterocycles. The van der Waals surface area contributed by atoms with Crippen LogP contribution in [-0.4, -0.2) is 23.1 Å². The van der Waals surface area contributed by atoms with Crippen molar-refractivity contribution in [3.63, 3.8) is 0 Å². The molecule has 0 spiro atoms. The molecule has 108 valence electrons. The summed E-state index contributed by atoms with van der Waals surface area (Å²) in [6.07, 6.45) is 5.07. The number of benzene rings is 1. The number of hydrogen-bond acceptors (Lipinski definition) is 3. The summed E-state index contributed by atoms with van der Waals surface area (Å²) in [7, 11) is 2.00. The van der Waals surface area contributed by atoms with Gasteiger partial charge < -0.3 is 5.32 Å². The quantitative estimate of drug-likeness (QED) is 0.793. The smallest absolute Gasteiger partial charge is 0.0768 e. The molecule has 2 aromatic rings. The van der Waals surface area contributed by atoms with Crippen LogP contribution < -0.4 is 5.32 Å². The van der Waals surface area contributed by atoms with E-state index in [0.717, 1.165) is 17.4 Å². The van der Waals surface area contributed by atoms with Crippen molar-refractivity contribution in [1.29, 1.82) is 0 Å². The third-order valence-electron chi connectivity index (χ3n) is 3.28. The van der Waals surface area contributed by atoms with Crippen LogP contribution in [-0.2, 0) is 6.54 Å². The van der Waals surface area contributed by atoms with Crippen LogP contribution in [0, 0.1) is 0 Å². The molecule has 3 nitrogen and oxygen atoms in total. The Morgan fingerprint density at radius 1 is 1.40 bits per heavy atom. The first kappa shape index (κ1) is 15.6. The van der Waals surface area contributed by atoms with Gasteiger partial charge >= 0.3 is 0 Å². The molecule has 1 aromatic carbocycles. The average Bonchev–Trinajstić information content (AvgIpc) is 2.83. The number of hydrogen-bond donors (Lipinski definition) is 1. The maximum absolute atomic E-state index is 4.48. The minimum atomic E-state index is 0.141. The maximum Gasteiger partial charge on any atom is 0.0768 e. The Kier molecular flexibility index (Phi) is 5.69. The lowest BCUT2D eigenvalue weighted by atomic mass is 10.0. The van der Waals surface area contributed by atoms with Gasteiger partial charge in [0, 0.05) is 11.4 Å². The lowest BCUT2D eigenvalue weighted by Gasteiger charge is -2.21. The Morgan fingerprint density at radius 2 is 2.15 bits per heavy atom. The van der Waals surface area contributed by atoms with Crippen LogP contribution in [0.1, 0.15) is 30.6 Å². The van der Waals surface area contributed by atoms with Crippen LogP contribution in [0.15, 0.2) is 39.8 Å². The van der Waals surface area contributed by atoms with Crippen molar-refractivity contribution in [3.8, 4) is 0 Å². The number of nitrogens with zero attached hydrogens (tertiary/aromatic N) is 2. The molecule has 1 heterocycles. The molecule has 0 aliphatic carbocycles. The molecule has 1 N–H and O–H groups in total. The lowest BCUT2D eigenvalue weighted by molar-refractivity contribution is 0.530. The second kappa shape index (κ2) is 7.29. The van der Waals surface area contributed by atoms with Gasteiger partial charge in [0.05, 0.1) is 22.4 Å². The topological polar surface area (TPSA) is 29.9 Å². The van der Waals surface area contributed by atoms with Gasteiger partial charge in [0.2, 0.25) is 0 Å².